The van der Waals surface area contributed by atoms with Gasteiger partial charge < -0.3 is 0 Å². The van der Waals surface area contributed by atoms with Gasteiger partial charge in [0.2, 0.25) is 0 Å². The molecule has 0 amide bonds. The summed E-state index contributed by atoms with van der Waals surface area (Å²) in [4.78, 5) is 0. The SMILES string of the molecule is C[CH2][Ge]([Br])([N](c1ccc([N]([Si](C)(C)C)[Ge]([Br])([CH2]C)[N]([Si](C)(C)C)[Si](C)(C)C)cc1)[Si](C)(C)C)[N]([Si](C)(C)C)[Si](C)(C)C. The predicted octanol–water partition coefficient (Wildman–Crippen LogP) is 11.6. The molecule has 0 heterocycles. The number of nitrogens with zero attached hydrogens (tertiary/aromatic N) is 4. The monoisotopic (exact) mass is 934 g/mol. The van der Waals surface area contributed by atoms with Gasteiger partial charge in [0.1, 0.15) is 0 Å². The van der Waals surface area contributed by atoms with Crippen LogP contribution in [0.25, 0.3) is 0 Å². The summed E-state index contributed by atoms with van der Waals surface area (Å²) >= 11 is 3.68. The van der Waals surface area contributed by atoms with Crippen LogP contribution in [0.3, 0.4) is 0 Å². The van der Waals surface area contributed by atoms with Crippen LogP contribution in [-0.2, 0) is 0 Å². The zero-order chi connectivity index (χ0) is 33.7. The molecule has 246 valence electrons. The standard InChI is InChI=1S/C28H68Br2Ge2N4Si6/c1-21-31(29,35(39(9,10)11)40(12,13)14)33(37(3,4)5)27-23-25-28(26-24-27)34(38(6,7)8)32(30,22-2)36(41(15,16)17)42(18,19)20/h23-26H,21-22H2,1-20H3. The fourth-order valence-electron chi connectivity index (χ4n) is 7.85. The molecule has 0 fully saturated rings. The maximum absolute atomic E-state index is 4.69. The quantitative estimate of drug-likeness (QED) is 0.172. The van der Waals surface area contributed by atoms with Crippen LogP contribution in [0, 0.1) is 0 Å². The Kier molecular flexibility index (Phi) is 13.9. The first-order valence-corrected chi connectivity index (χ1v) is 53.2. The van der Waals surface area contributed by atoms with E-state index in [0.717, 1.165) is 0 Å². The molecule has 0 radical (unpaired) electrons. The van der Waals surface area contributed by atoms with E-state index in [9.17, 15) is 0 Å². The van der Waals surface area contributed by atoms with Gasteiger partial charge in [-0.15, -0.1) is 0 Å². The van der Waals surface area contributed by atoms with E-state index >= 15 is 0 Å². The Bertz CT molecular complexity index is 933. The van der Waals surface area contributed by atoms with Gasteiger partial charge in [-0.05, 0) is 0 Å². The number of anilines is 2. The third-order valence-electron chi connectivity index (χ3n) is 7.66. The summed E-state index contributed by atoms with van der Waals surface area (Å²) in [5.74, 6) is 0. The number of benzene rings is 1. The van der Waals surface area contributed by atoms with Crippen LogP contribution in [0.15, 0.2) is 24.3 Å². The van der Waals surface area contributed by atoms with Crippen LogP contribution in [-0.4, -0.2) is 79.5 Å². The average molecular weight is 934 g/mol. The third kappa shape index (κ3) is 9.59. The van der Waals surface area contributed by atoms with Crippen molar-refractivity contribution in [2.24, 2.45) is 0 Å². The first-order chi connectivity index (χ1) is 18.3. The molecule has 0 N–H and O–H groups in total. The summed E-state index contributed by atoms with van der Waals surface area (Å²) in [7, 11) is -9.74. The van der Waals surface area contributed by atoms with E-state index in [4.69, 9.17) is 28.0 Å². The number of halogens is 2. The third-order valence-corrected chi connectivity index (χ3v) is 95.2. The topological polar surface area (TPSA) is 13.0 Å². The summed E-state index contributed by atoms with van der Waals surface area (Å²) in [6.45, 7) is 51.3. The van der Waals surface area contributed by atoms with Crippen molar-refractivity contribution < 1.29 is 0 Å². The molecular weight excluding hydrogens is 866 g/mol. The number of hydrogen-bond acceptors (Lipinski definition) is 4. The fourth-order valence-corrected chi connectivity index (χ4v) is 139. The van der Waals surface area contributed by atoms with Crippen molar-refractivity contribution in [2.75, 3.05) is 7.05 Å². The molecule has 1 rings (SSSR count). The van der Waals surface area contributed by atoms with E-state index in [1.54, 1.807) is 0 Å². The second-order valence-corrected chi connectivity index (χ2v) is 79.2. The Morgan fingerprint density at radius 1 is 0.429 bits per heavy atom. The molecular formula is C28H68Br2Ge2N4Si6. The van der Waals surface area contributed by atoms with E-state index in [-0.39, 0.29) is 0 Å². The predicted molar refractivity (Wildman–Crippen MR) is 225 cm³/mol. The van der Waals surface area contributed by atoms with E-state index in [0.29, 0.717) is 0 Å². The van der Waals surface area contributed by atoms with Crippen LogP contribution in [0.5, 0.6) is 0 Å². The molecule has 14 heteroatoms. The van der Waals surface area contributed by atoms with Crippen molar-refractivity contribution in [3.63, 3.8) is 0 Å². The molecule has 0 aromatic heterocycles. The van der Waals surface area contributed by atoms with Crippen molar-refractivity contribution in [1.29, 1.82) is 0 Å². The average Bonchev–Trinajstić information content (AvgIpc) is 2.68. The van der Waals surface area contributed by atoms with E-state index < -0.39 is 73.2 Å². The van der Waals surface area contributed by atoms with Crippen molar-refractivity contribution in [3.8, 4) is 0 Å². The zero-order valence-electron chi connectivity index (χ0n) is 31.3. The second-order valence-electron chi connectivity index (χ2n) is 18.0. The molecule has 0 saturated carbocycles. The number of rotatable bonds is 14. The van der Waals surface area contributed by atoms with Gasteiger partial charge in [-0.2, -0.15) is 0 Å². The van der Waals surface area contributed by atoms with Gasteiger partial charge in [0.05, 0.1) is 0 Å². The molecule has 4 nitrogen and oxygen atoms in total. The molecule has 2 unspecified atom stereocenters. The van der Waals surface area contributed by atoms with Crippen molar-refractivity contribution in [3.05, 3.63) is 24.3 Å². The molecule has 0 aliphatic heterocycles. The zero-order valence-corrected chi connectivity index (χ0v) is 44.6. The van der Waals surface area contributed by atoms with Gasteiger partial charge in [0.15, 0.2) is 0 Å². The minimum atomic E-state index is -2.85. The first-order valence-electron chi connectivity index (χ1n) is 16.0. The molecule has 0 aliphatic rings. The number of hydrogen-bond donors (Lipinski definition) is 0. The second kappa shape index (κ2) is 13.9. The minimum absolute atomic E-state index is 1.23. The molecule has 0 aliphatic carbocycles. The summed E-state index contributed by atoms with van der Waals surface area (Å²) in [6.07, 6.45) is 0. The molecule has 1 aromatic rings. The van der Waals surface area contributed by atoms with Crippen LogP contribution in [0.2, 0.25) is 128 Å². The maximum atomic E-state index is 4.69. The van der Waals surface area contributed by atoms with Crippen LogP contribution in [0.1, 0.15) is 13.8 Å². The molecule has 2 atom stereocenters. The van der Waals surface area contributed by atoms with Gasteiger partial charge >= 0.3 is 292 Å². The molecule has 0 spiro atoms. The van der Waals surface area contributed by atoms with Gasteiger partial charge in [-0.1, -0.05) is 0 Å². The van der Waals surface area contributed by atoms with Gasteiger partial charge in [0.25, 0.3) is 0 Å². The Labute approximate surface area is 289 Å². The van der Waals surface area contributed by atoms with Gasteiger partial charge in [0, 0.05) is 0 Å². The van der Waals surface area contributed by atoms with Crippen LogP contribution < -0.4 is 7.05 Å². The summed E-state index contributed by atoms with van der Waals surface area (Å²) in [6, 6.07) is 10.1. The Morgan fingerprint density at radius 3 is 0.738 bits per heavy atom. The van der Waals surface area contributed by atoms with Crippen LogP contribution in [0.4, 0.5) is 11.4 Å². The summed E-state index contributed by atoms with van der Waals surface area (Å²) in [5, 5.41) is 2.47. The Hall–Kier alpha value is 2.09. The summed E-state index contributed by atoms with van der Waals surface area (Å²) in [5.41, 5.74) is 2.90. The normalized spacial score (nSPS) is 17.3. The summed E-state index contributed by atoms with van der Waals surface area (Å²) < 4.78 is 12.4. The Morgan fingerprint density at radius 2 is 0.619 bits per heavy atom. The molecule has 1 aromatic carbocycles. The van der Waals surface area contributed by atoms with E-state index in [1.807, 2.05) is 0 Å². The van der Waals surface area contributed by atoms with E-state index in [2.05, 4.69) is 169 Å². The first kappa shape index (κ1) is 42.1. The Balaban J connectivity index is 4.01. The van der Waals surface area contributed by atoms with Crippen molar-refractivity contribution in [1.82, 2.24) is 6.38 Å². The fraction of sp³-hybridized carbons (Fsp3) is 0.786. The molecule has 42 heavy (non-hydrogen) atoms. The van der Waals surface area contributed by atoms with Gasteiger partial charge in [-0.25, -0.2) is 0 Å². The van der Waals surface area contributed by atoms with Gasteiger partial charge in [-0.3, -0.25) is 0 Å². The van der Waals surface area contributed by atoms with E-state index in [1.165, 1.54) is 21.9 Å². The molecule has 0 bridgehead atoms. The van der Waals surface area contributed by atoms with Crippen LogP contribution >= 0.6 is 28.0 Å². The van der Waals surface area contributed by atoms with Crippen molar-refractivity contribution in [2.45, 2.75) is 142 Å². The van der Waals surface area contributed by atoms with Crippen molar-refractivity contribution >= 4 is 113 Å². The molecule has 0 saturated heterocycles.